The molecule has 1 unspecified atom stereocenters. The van der Waals surface area contributed by atoms with Gasteiger partial charge in [-0.3, -0.25) is 4.79 Å². The van der Waals surface area contributed by atoms with E-state index in [0.717, 1.165) is 4.90 Å². The molecule has 0 aromatic rings. The Kier molecular flexibility index (Phi) is 3.67. The molecule has 0 aromatic heterocycles. The van der Waals surface area contributed by atoms with E-state index < -0.39 is 44.8 Å². The molecule has 0 aliphatic carbocycles. The lowest BCUT2D eigenvalue weighted by Crippen LogP contribution is -2.53. The molecule has 22 heavy (non-hydrogen) atoms. The van der Waals surface area contributed by atoms with Crippen LogP contribution in [0.4, 0.5) is 13.2 Å². The molecule has 1 fully saturated rings. The number of carbonyl (C=O) groups excluding carboxylic acids is 1. The van der Waals surface area contributed by atoms with E-state index in [1.165, 1.54) is 6.92 Å². The molecule has 0 bridgehead atoms. The highest BCUT2D eigenvalue weighted by molar-refractivity contribution is 7.87. The minimum Gasteiger partial charge on any atom is -0.480 e. The van der Waals surface area contributed by atoms with Gasteiger partial charge in [0.2, 0.25) is 0 Å². The van der Waals surface area contributed by atoms with Gasteiger partial charge in [0.05, 0.1) is 0 Å². The van der Waals surface area contributed by atoms with E-state index in [9.17, 15) is 31.2 Å². The monoisotopic (exact) mass is 343 g/mol. The number of carboxylic acids is 1. The van der Waals surface area contributed by atoms with Gasteiger partial charge in [0.15, 0.2) is 0 Å². The molecule has 2 atom stereocenters. The van der Waals surface area contributed by atoms with E-state index in [1.807, 2.05) is 0 Å². The summed E-state index contributed by atoms with van der Waals surface area (Å²) in [6.07, 6.45) is 0.622. The van der Waals surface area contributed by atoms with Crippen LogP contribution in [0, 0.1) is 0 Å². The molecule has 0 spiro atoms. The molecule has 2 rings (SSSR count). The number of nitrogens with zero attached hydrogens (tertiary/aromatic N) is 1. The van der Waals surface area contributed by atoms with E-state index in [0.29, 0.717) is 6.08 Å². The zero-order valence-electron chi connectivity index (χ0n) is 11.3. The average Bonchev–Trinajstić information content (AvgIpc) is 2.64. The fourth-order valence-electron chi connectivity index (χ4n) is 2.78. The number of rotatable bonds is 3. The Morgan fingerprint density at radius 2 is 2.09 bits per heavy atom. The second-order valence-electron chi connectivity index (χ2n) is 5.37. The van der Waals surface area contributed by atoms with Crippen LogP contribution in [0.1, 0.15) is 26.2 Å². The molecule has 2 aliphatic rings. The van der Waals surface area contributed by atoms with Crippen LogP contribution in [0.2, 0.25) is 0 Å². The van der Waals surface area contributed by atoms with Crippen molar-refractivity contribution in [2.75, 3.05) is 0 Å². The molecule has 0 aromatic carbocycles. The third-order valence-corrected chi connectivity index (χ3v) is 4.71. The van der Waals surface area contributed by atoms with Gasteiger partial charge in [0.25, 0.3) is 5.91 Å². The highest BCUT2D eigenvalue weighted by atomic mass is 32.2. The van der Waals surface area contributed by atoms with Crippen LogP contribution in [0.15, 0.2) is 11.8 Å². The summed E-state index contributed by atoms with van der Waals surface area (Å²) in [5.74, 6) is -2.75. The van der Waals surface area contributed by atoms with Crippen molar-refractivity contribution >= 4 is 22.0 Å². The van der Waals surface area contributed by atoms with E-state index >= 15 is 0 Å². The van der Waals surface area contributed by atoms with Gasteiger partial charge in [-0.15, -0.1) is 0 Å². The van der Waals surface area contributed by atoms with E-state index in [4.69, 9.17) is 5.11 Å². The molecule has 2 heterocycles. The van der Waals surface area contributed by atoms with Crippen molar-refractivity contribution in [2.24, 2.45) is 0 Å². The Labute approximate surface area is 123 Å². The fourth-order valence-corrected chi connectivity index (χ4v) is 3.26. The Hall–Kier alpha value is -1.78. The number of aliphatic carboxylic acids is 1. The van der Waals surface area contributed by atoms with Crippen molar-refractivity contribution in [3.8, 4) is 0 Å². The lowest BCUT2D eigenvalue weighted by Gasteiger charge is -2.40. The Morgan fingerprint density at radius 1 is 1.50 bits per heavy atom. The van der Waals surface area contributed by atoms with Crippen LogP contribution in [-0.4, -0.2) is 47.4 Å². The molecule has 0 radical (unpaired) electrons. The Balaban J connectivity index is 2.30. The highest BCUT2D eigenvalue weighted by Gasteiger charge is 2.53. The van der Waals surface area contributed by atoms with Gasteiger partial charge in [-0.2, -0.15) is 21.6 Å². The first-order chi connectivity index (χ1) is 9.87. The molecule has 124 valence electrons. The van der Waals surface area contributed by atoms with Gasteiger partial charge in [0, 0.05) is 18.0 Å². The van der Waals surface area contributed by atoms with Crippen LogP contribution in [0.25, 0.3) is 0 Å². The molecule has 1 saturated heterocycles. The SMILES string of the molecule is CC12CC[C@@H](C(=O)O)N1C(=O)C=C(OS(=O)(=O)C(F)(F)F)C2. The average molecular weight is 343 g/mol. The van der Waals surface area contributed by atoms with Gasteiger partial charge < -0.3 is 14.2 Å². The minimum atomic E-state index is -5.86. The van der Waals surface area contributed by atoms with Gasteiger partial charge in [-0.1, -0.05) is 0 Å². The highest BCUT2D eigenvalue weighted by Crippen LogP contribution is 2.42. The molecular weight excluding hydrogens is 331 g/mol. The Bertz CT molecular complexity index is 655. The van der Waals surface area contributed by atoms with Crippen LogP contribution >= 0.6 is 0 Å². The maximum Gasteiger partial charge on any atom is 0.534 e. The summed E-state index contributed by atoms with van der Waals surface area (Å²) in [5, 5.41) is 9.05. The number of hydrogen-bond acceptors (Lipinski definition) is 5. The smallest absolute Gasteiger partial charge is 0.480 e. The summed E-state index contributed by atoms with van der Waals surface area (Å²) < 4.78 is 62.9. The quantitative estimate of drug-likeness (QED) is 0.605. The second-order valence-corrected chi connectivity index (χ2v) is 6.91. The summed E-state index contributed by atoms with van der Waals surface area (Å²) in [7, 11) is -5.86. The standard InChI is InChI=1S/C11H12F3NO6S/c1-10-3-2-7(9(17)18)15(10)8(16)4-6(5-10)21-22(19,20)11(12,13)14/h4,7H,2-3,5H2,1H3,(H,17,18)/t7-,10?/m0/s1. The Morgan fingerprint density at radius 3 is 2.59 bits per heavy atom. The number of carbonyl (C=O) groups is 2. The first kappa shape index (κ1) is 16.6. The third kappa shape index (κ3) is 2.64. The van der Waals surface area contributed by atoms with Crippen molar-refractivity contribution in [2.45, 2.75) is 43.3 Å². The van der Waals surface area contributed by atoms with Crippen molar-refractivity contribution < 1.29 is 40.5 Å². The van der Waals surface area contributed by atoms with E-state index in [-0.39, 0.29) is 19.3 Å². The number of hydrogen-bond donors (Lipinski definition) is 1. The lowest BCUT2D eigenvalue weighted by molar-refractivity contribution is -0.150. The third-order valence-electron chi connectivity index (χ3n) is 3.71. The summed E-state index contributed by atoms with van der Waals surface area (Å²) in [6.45, 7) is 1.48. The van der Waals surface area contributed by atoms with Crippen LogP contribution in [-0.2, 0) is 23.9 Å². The van der Waals surface area contributed by atoms with Gasteiger partial charge in [-0.05, 0) is 19.8 Å². The molecule has 11 heteroatoms. The number of alkyl halides is 3. The molecule has 1 N–H and O–H groups in total. The molecule has 0 saturated carbocycles. The van der Waals surface area contributed by atoms with Crippen molar-refractivity contribution in [1.82, 2.24) is 4.90 Å². The van der Waals surface area contributed by atoms with Gasteiger partial charge >= 0.3 is 21.6 Å². The van der Waals surface area contributed by atoms with Crippen molar-refractivity contribution in [1.29, 1.82) is 0 Å². The summed E-state index contributed by atoms with van der Waals surface area (Å²) >= 11 is 0. The summed E-state index contributed by atoms with van der Waals surface area (Å²) in [4.78, 5) is 24.1. The van der Waals surface area contributed by atoms with Crippen molar-refractivity contribution in [3.05, 3.63) is 11.8 Å². The minimum absolute atomic E-state index is 0.130. The predicted octanol–water partition coefficient (Wildman–Crippen LogP) is 0.975. The predicted molar refractivity (Wildman–Crippen MR) is 64.7 cm³/mol. The number of amides is 1. The number of fused-ring (bicyclic) bond motifs is 1. The molecule has 2 aliphatic heterocycles. The maximum absolute atomic E-state index is 12.3. The van der Waals surface area contributed by atoms with Gasteiger partial charge in [0.1, 0.15) is 11.8 Å². The largest absolute Gasteiger partial charge is 0.534 e. The number of halogens is 3. The fraction of sp³-hybridized carbons (Fsp3) is 0.636. The molecular formula is C11H12F3NO6S. The zero-order valence-corrected chi connectivity index (χ0v) is 12.1. The van der Waals surface area contributed by atoms with Crippen LogP contribution in [0.3, 0.4) is 0 Å². The zero-order chi connectivity index (χ0) is 16.9. The number of carboxylic acid groups (broad SMARTS) is 1. The van der Waals surface area contributed by atoms with Gasteiger partial charge in [-0.25, -0.2) is 4.79 Å². The molecule has 1 amide bonds. The topological polar surface area (TPSA) is 101 Å². The molecule has 7 nitrogen and oxygen atoms in total. The summed E-state index contributed by atoms with van der Waals surface area (Å²) in [5.41, 5.74) is -6.69. The van der Waals surface area contributed by atoms with Crippen molar-refractivity contribution in [3.63, 3.8) is 0 Å². The normalized spacial score (nSPS) is 29.1. The van der Waals surface area contributed by atoms with Crippen LogP contribution < -0.4 is 0 Å². The van der Waals surface area contributed by atoms with E-state index in [1.54, 1.807) is 0 Å². The maximum atomic E-state index is 12.3. The lowest BCUT2D eigenvalue weighted by atomic mass is 9.91. The van der Waals surface area contributed by atoms with E-state index in [2.05, 4.69) is 4.18 Å². The first-order valence-electron chi connectivity index (χ1n) is 6.15. The first-order valence-corrected chi connectivity index (χ1v) is 7.56. The summed E-state index contributed by atoms with van der Waals surface area (Å²) in [6, 6.07) is -1.09. The van der Waals surface area contributed by atoms with Crippen LogP contribution in [0.5, 0.6) is 0 Å². The second kappa shape index (κ2) is 4.86.